The summed E-state index contributed by atoms with van der Waals surface area (Å²) in [6, 6.07) is 7.49. The van der Waals surface area contributed by atoms with Crippen molar-refractivity contribution in [3.8, 4) is 5.75 Å². The standard InChI is InChI=1S/C15H13Br2F2NO/c16-11-6-9(4-5-20)7-12(17)15(11)21-8-10-13(18)2-1-3-14(10)19/h1-3,6-7H,4-5,8,20H2. The first-order valence-corrected chi connectivity index (χ1v) is 7.85. The molecular weight excluding hydrogens is 408 g/mol. The van der Waals surface area contributed by atoms with Crippen LogP contribution in [0.15, 0.2) is 39.3 Å². The minimum atomic E-state index is -0.623. The van der Waals surface area contributed by atoms with Gasteiger partial charge in [-0.15, -0.1) is 0 Å². The van der Waals surface area contributed by atoms with Crippen molar-refractivity contribution >= 4 is 31.9 Å². The summed E-state index contributed by atoms with van der Waals surface area (Å²) in [5.74, 6) is -0.748. The summed E-state index contributed by atoms with van der Waals surface area (Å²) in [5.41, 5.74) is 6.47. The Balaban J connectivity index is 2.21. The molecule has 0 fully saturated rings. The summed E-state index contributed by atoms with van der Waals surface area (Å²) in [7, 11) is 0. The van der Waals surface area contributed by atoms with E-state index in [-0.39, 0.29) is 12.2 Å². The van der Waals surface area contributed by atoms with Gasteiger partial charge in [-0.25, -0.2) is 8.78 Å². The fraction of sp³-hybridized carbons (Fsp3) is 0.200. The maximum atomic E-state index is 13.6. The second-order valence-corrected chi connectivity index (χ2v) is 6.12. The predicted molar refractivity (Wildman–Crippen MR) is 85.3 cm³/mol. The van der Waals surface area contributed by atoms with Crippen LogP contribution in [0, 0.1) is 11.6 Å². The van der Waals surface area contributed by atoms with Crippen LogP contribution >= 0.6 is 31.9 Å². The molecule has 0 radical (unpaired) electrons. The molecule has 0 heterocycles. The van der Waals surface area contributed by atoms with Crippen LogP contribution in [0.25, 0.3) is 0 Å². The fourth-order valence-corrected chi connectivity index (χ4v) is 3.39. The smallest absolute Gasteiger partial charge is 0.148 e. The van der Waals surface area contributed by atoms with Gasteiger partial charge in [0, 0.05) is 0 Å². The van der Waals surface area contributed by atoms with Crippen LogP contribution in [0.2, 0.25) is 0 Å². The third kappa shape index (κ3) is 4.02. The molecule has 6 heteroatoms. The number of halogens is 4. The second-order valence-electron chi connectivity index (χ2n) is 4.42. The van der Waals surface area contributed by atoms with Crippen LogP contribution in [0.5, 0.6) is 5.75 Å². The monoisotopic (exact) mass is 419 g/mol. The molecule has 0 aliphatic heterocycles. The molecule has 0 amide bonds. The van der Waals surface area contributed by atoms with Gasteiger partial charge in [-0.1, -0.05) is 6.07 Å². The van der Waals surface area contributed by atoms with Crippen molar-refractivity contribution in [1.82, 2.24) is 0 Å². The molecule has 112 valence electrons. The molecular formula is C15H13Br2F2NO. The molecule has 0 saturated heterocycles. The molecule has 0 bridgehead atoms. The molecule has 2 aromatic rings. The van der Waals surface area contributed by atoms with Crippen molar-refractivity contribution in [2.75, 3.05) is 6.54 Å². The number of rotatable bonds is 5. The van der Waals surface area contributed by atoms with E-state index in [1.54, 1.807) is 0 Å². The van der Waals surface area contributed by atoms with Crippen LogP contribution in [0.3, 0.4) is 0 Å². The third-order valence-corrected chi connectivity index (χ3v) is 4.09. The molecule has 0 unspecified atom stereocenters. The van der Waals surface area contributed by atoms with Gasteiger partial charge >= 0.3 is 0 Å². The Morgan fingerprint density at radius 2 is 1.62 bits per heavy atom. The summed E-state index contributed by atoms with van der Waals surface area (Å²) >= 11 is 6.79. The van der Waals surface area contributed by atoms with Crippen molar-refractivity contribution in [3.63, 3.8) is 0 Å². The highest BCUT2D eigenvalue weighted by molar-refractivity contribution is 9.11. The Morgan fingerprint density at radius 1 is 1.05 bits per heavy atom. The van der Waals surface area contributed by atoms with E-state index in [4.69, 9.17) is 10.5 Å². The zero-order chi connectivity index (χ0) is 15.4. The molecule has 2 N–H and O–H groups in total. The Kier molecular flexibility index (Phi) is 5.72. The predicted octanol–water partition coefficient (Wildman–Crippen LogP) is 4.57. The van der Waals surface area contributed by atoms with E-state index in [9.17, 15) is 8.78 Å². The minimum absolute atomic E-state index is 0.0951. The Hall–Kier alpha value is -0.980. The number of benzene rings is 2. The summed E-state index contributed by atoms with van der Waals surface area (Å²) in [4.78, 5) is 0. The third-order valence-electron chi connectivity index (χ3n) is 2.91. The lowest BCUT2D eigenvalue weighted by atomic mass is 10.1. The highest BCUT2D eigenvalue weighted by Crippen LogP contribution is 2.35. The van der Waals surface area contributed by atoms with Gasteiger partial charge < -0.3 is 10.5 Å². The molecule has 2 nitrogen and oxygen atoms in total. The fourth-order valence-electron chi connectivity index (χ4n) is 1.88. The number of hydrogen-bond acceptors (Lipinski definition) is 2. The maximum Gasteiger partial charge on any atom is 0.148 e. The number of ether oxygens (including phenoxy) is 1. The Morgan fingerprint density at radius 3 is 2.14 bits per heavy atom. The van der Waals surface area contributed by atoms with Crippen LogP contribution in [0.4, 0.5) is 8.78 Å². The SMILES string of the molecule is NCCc1cc(Br)c(OCc2c(F)cccc2F)c(Br)c1. The molecule has 0 aliphatic rings. The quantitative estimate of drug-likeness (QED) is 0.768. The van der Waals surface area contributed by atoms with Crippen LogP contribution in [-0.4, -0.2) is 6.54 Å². The average molecular weight is 421 g/mol. The molecule has 0 saturated carbocycles. The van der Waals surface area contributed by atoms with Gasteiger partial charge in [0.1, 0.15) is 24.0 Å². The van der Waals surface area contributed by atoms with Crippen LogP contribution in [-0.2, 0) is 13.0 Å². The van der Waals surface area contributed by atoms with Crippen molar-refractivity contribution in [3.05, 3.63) is 62.0 Å². The maximum absolute atomic E-state index is 13.6. The molecule has 2 aromatic carbocycles. The lowest BCUT2D eigenvalue weighted by Gasteiger charge is -2.13. The van der Waals surface area contributed by atoms with E-state index in [1.165, 1.54) is 18.2 Å². The second kappa shape index (κ2) is 7.33. The van der Waals surface area contributed by atoms with E-state index < -0.39 is 11.6 Å². The normalized spacial score (nSPS) is 10.7. The summed E-state index contributed by atoms with van der Waals surface area (Å²) in [5, 5.41) is 0. The van der Waals surface area contributed by atoms with Gasteiger partial charge in [-0.3, -0.25) is 0 Å². The van der Waals surface area contributed by atoms with Crippen LogP contribution in [0.1, 0.15) is 11.1 Å². The number of hydrogen-bond donors (Lipinski definition) is 1. The minimum Gasteiger partial charge on any atom is -0.486 e. The highest BCUT2D eigenvalue weighted by atomic mass is 79.9. The van der Waals surface area contributed by atoms with E-state index in [1.807, 2.05) is 12.1 Å². The number of nitrogens with two attached hydrogens (primary N) is 1. The van der Waals surface area contributed by atoms with Crippen molar-refractivity contribution in [1.29, 1.82) is 0 Å². The van der Waals surface area contributed by atoms with Gasteiger partial charge in [0.25, 0.3) is 0 Å². The topological polar surface area (TPSA) is 35.2 Å². The Bertz CT molecular complexity index is 606. The molecule has 0 aromatic heterocycles. The van der Waals surface area contributed by atoms with Crippen LogP contribution < -0.4 is 10.5 Å². The van der Waals surface area contributed by atoms with Gasteiger partial charge in [-0.05, 0) is 74.7 Å². The van der Waals surface area contributed by atoms with E-state index in [0.717, 1.165) is 12.0 Å². The average Bonchev–Trinajstić information content (AvgIpc) is 2.41. The largest absolute Gasteiger partial charge is 0.486 e. The lowest BCUT2D eigenvalue weighted by Crippen LogP contribution is -2.05. The first-order valence-electron chi connectivity index (χ1n) is 6.26. The summed E-state index contributed by atoms with van der Waals surface area (Å²) < 4.78 is 34.1. The zero-order valence-corrected chi connectivity index (χ0v) is 14.2. The van der Waals surface area contributed by atoms with E-state index in [2.05, 4.69) is 31.9 Å². The first-order chi connectivity index (χ1) is 10.0. The van der Waals surface area contributed by atoms with E-state index in [0.29, 0.717) is 21.2 Å². The highest BCUT2D eigenvalue weighted by Gasteiger charge is 2.13. The van der Waals surface area contributed by atoms with Gasteiger partial charge in [0.05, 0.1) is 14.5 Å². The van der Waals surface area contributed by atoms with Gasteiger partial charge in [0.15, 0.2) is 0 Å². The van der Waals surface area contributed by atoms with Crippen molar-refractivity contribution in [2.45, 2.75) is 13.0 Å². The van der Waals surface area contributed by atoms with E-state index >= 15 is 0 Å². The Labute approximate surface area is 138 Å². The molecule has 0 aliphatic carbocycles. The van der Waals surface area contributed by atoms with Crippen molar-refractivity contribution < 1.29 is 13.5 Å². The molecule has 0 spiro atoms. The first kappa shape index (κ1) is 16.4. The lowest BCUT2D eigenvalue weighted by molar-refractivity contribution is 0.289. The van der Waals surface area contributed by atoms with Crippen molar-refractivity contribution in [2.24, 2.45) is 5.73 Å². The summed E-state index contributed by atoms with van der Waals surface area (Å²) in [6.45, 7) is 0.353. The van der Waals surface area contributed by atoms with Gasteiger partial charge in [0.2, 0.25) is 0 Å². The molecule has 21 heavy (non-hydrogen) atoms. The summed E-state index contributed by atoms with van der Waals surface area (Å²) in [6.07, 6.45) is 0.736. The molecule has 0 atom stereocenters. The van der Waals surface area contributed by atoms with Gasteiger partial charge in [-0.2, -0.15) is 0 Å². The zero-order valence-electron chi connectivity index (χ0n) is 11.0. The molecule has 2 rings (SSSR count).